The summed E-state index contributed by atoms with van der Waals surface area (Å²) in [6.45, 7) is 30.0. The maximum Gasteiger partial charge on any atom is 0.315 e. The Morgan fingerprint density at radius 1 is 0.714 bits per heavy atom. The average Bonchev–Trinajstić information content (AvgIpc) is 2.43. The van der Waals surface area contributed by atoms with E-state index in [1.165, 1.54) is 6.04 Å². The highest BCUT2D eigenvalue weighted by Gasteiger charge is 2.40. The quantitative estimate of drug-likeness (QED) is 0.177. The van der Waals surface area contributed by atoms with Crippen LogP contribution in [0.25, 0.3) is 0 Å². The third-order valence-corrected chi connectivity index (χ3v) is 22.3. The molecule has 0 bridgehead atoms. The Hall–Kier alpha value is 0.184. The van der Waals surface area contributed by atoms with E-state index >= 15 is 0 Å². The van der Waals surface area contributed by atoms with Crippen LogP contribution in [-0.2, 0) is 12.3 Å². The molecule has 0 amide bonds. The fraction of sp³-hybridized carbons (Fsp3) is 0.700. The van der Waals surface area contributed by atoms with Crippen molar-refractivity contribution in [2.45, 2.75) is 89.0 Å². The van der Waals surface area contributed by atoms with Gasteiger partial charge in [-0.25, -0.2) is 0 Å². The van der Waals surface area contributed by atoms with Gasteiger partial charge in [-0.15, -0.1) is 19.7 Å². The Kier molecular flexibility index (Phi) is 12.2. The van der Waals surface area contributed by atoms with Crippen LogP contribution < -0.4 is 0 Å². The fourth-order valence-corrected chi connectivity index (χ4v) is 23.1. The minimum Gasteiger partial charge on any atom is -0.439 e. The maximum atomic E-state index is 6.69. The first-order valence-electron chi connectivity index (χ1n) is 10.6. The smallest absolute Gasteiger partial charge is 0.315 e. The molecule has 0 heterocycles. The monoisotopic (exact) mass is 474 g/mol. The van der Waals surface area contributed by atoms with E-state index in [4.69, 9.17) is 12.3 Å². The maximum absolute atomic E-state index is 6.69. The molecule has 0 aromatic carbocycles. The normalized spacial score (nSPS) is 16.3. The summed E-state index contributed by atoms with van der Waals surface area (Å²) in [6, 6.07) is 5.68. The van der Waals surface area contributed by atoms with E-state index in [2.05, 4.69) is 90.3 Å². The minimum atomic E-state index is -2.25. The standard InChI is InChI=1S/C20H46O3Si5/c1-12-16-28(17-13-2,18-14-3)20-15-19-27(11,23-26(8,9)10)22-24(4)21-25(5,6)7/h12-14,24H,1-3,15-20H2,4-11H3. The lowest BCUT2D eigenvalue weighted by molar-refractivity contribution is 0.343. The molecular formula is C20H46O3Si5. The van der Waals surface area contributed by atoms with Crippen molar-refractivity contribution in [2.24, 2.45) is 0 Å². The van der Waals surface area contributed by atoms with Crippen molar-refractivity contribution in [1.82, 2.24) is 0 Å². The average molecular weight is 475 g/mol. The SMILES string of the molecule is C=CC[Si](CC=C)(CC=C)CCC[Si](C)(O[SiH](C)O[Si](C)(C)C)O[Si](C)(C)C. The molecule has 0 spiro atoms. The van der Waals surface area contributed by atoms with Crippen molar-refractivity contribution in [1.29, 1.82) is 0 Å². The predicted octanol–water partition coefficient (Wildman–Crippen LogP) is 7.03. The summed E-state index contributed by atoms with van der Waals surface area (Å²) < 4.78 is 19.6. The van der Waals surface area contributed by atoms with Crippen LogP contribution in [0.2, 0.25) is 82.6 Å². The fourth-order valence-electron chi connectivity index (χ4n) is 3.91. The second kappa shape index (κ2) is 12.1. The van der Waals surface area contributed by atoms with Gasteiger partial charge in [0.2, 0.25) is 0 Å². The van der Waals surface area contributed by atoms with E-state index in [-0.39, 0.29) is 0 Å². The van der Waals surface area contributed by atoms with E-state index < -0.39 is 42.6 Å². The van der Waals surface area contributed by atoms with Crippen LogP contribution in [0.5, 0.6) is 0 Å². The van der Waals surface area contributed by atoms with Gasteiger partial charge in [-0.2, -0.15) is 0 Å². The number of rotatable bonds is 16. The molecule has 0 saturated heterocycles. The van der Waals surface area contributed by atoms with Crippen LogP contribution in [-0.4, -0.2) is 42.6 Å². The van der Waals surface area contributed by atoms with Crippen molar-refractivity contribution in [3.8, 4) is 0 Å². The highest BCUT2D eigenvalue weighted by Crippen LogP contribution is 2.32. The Bertz CT molecular complexity index is 473. The Balaban J connectivity index is 5.24. The zero-order valence-corrected chi connectivity index (χ0v) is 25.1. The van der Waals surface area contributed by atoms with Crippen LogP contribution in [0.1, 0.15) is 6.42 Å². The van der Waals surface area contributed by atoms with Gasteiger partial charge in [0.1, 0.15) is 0 Å². The minimum absolute atomic E-state index is 1.05. The van der Waals surface area contributed by atoms with Crippen molar-refractivity contribution < 1.29 is 12.3 Å². The Labute approximate surface area is 181 Å². The predicted molar refractivity (Wildman–Crippen MR) is 140 cm³/mol. The molecule has 8 heteroatoms. The highest BCUT2D eigenvalue weighted by atomic mass is 28.5. The molecule has 0 aliphatic carbocycles. The molecule has 0 aliphatic rings. The summed E-state index contributed by atoms with van der Waals surface area (Å²) >= 11 is 0. The molecule has 0 radical (unpaired) electrons. The van der Waals surface area contributed by atoms with Gasteiger partial charge < -0.3 is 12.3 Å². The lowest BCUT2D eigenvalue weighted by Gasteiger charge is -2.38. The van der Waals surface area contributed by atoms with Gasteiger partial charge in [0.05, 0.1) is 8.07 Å². The second-order valence-electron chi connectivity index (χ2n) is 10.1. The third kappa shape index (κ3) is 12.7. The van der Waals surface area contributed by atoms with Gasteiger partial charge >= 0.3 is 8.56 Å². The number of hydrogen-bond acceptors (Lipinski definition) is 3. The molecule has 0 N–H and O–H groups in total. The molecule has 0 fully saturated rings. The summed E-state index contributed by atoms with van der Waals surface area (Å²) in [5.74, 6) is 0. The highest BCUT2D eigenvalue weighted by molar-refractivity contribution is 6.85. The van der Waals surface area contributed by atoms with Gasteiger partial charge in [0.25, 0.3) is 9.28 Å². The van der Waals surface area contributed by atoms with Gasteiger partial charge in [-0.1, -0.05) is 30.7 Å². The first kappa shape index (κ1) is 28.2. The lowest BCUT2D eigenvalue weighted by atomic mass is 10.6. The van der Waals surface area contributed by atoms with Crippen molar-refractivity contribution >= 4 is 42.6 Å². The number of allylic oxidation sites excluding steroid dienone is 3. The molecule has 3 nitrogen and oxygen atoms in total. The summed E-state index contributed by atoms with van der Waals surface area (Å²) in [7, 11) is -8.68. The van der Waals surface area contributed by atoms with E-state index in [9.17, 15) is 0 Å². The Morgan fingerprint density at radius 3 is 1.54 bits per heavy atom. The van der Waals surface area contributed by atoms with Crippen LogP contribution in [0.4, 0.5) is 0 Å². The van der Waals surface area contributed by atoms with Gasteiger partial charge in [-0.05, 0) is 76.6 Å². The molecule has 2 unspecified atom stereocenters. The van der Waals surface area contributed by atoms with E-state index in [1.54, 1.807) is 0 Å². The first-order valence-corrected chi connectivity index (χ1v) is 24.8. The summed E-state index contributed by atoms with van der Waals surface area (Å²) in [5, 5.41) is 0. The molecule has 2 atom stereocenters. The second-order valence-corrected chi connectivity index (χ2v) is 29.9. The topological polar surface area (TPSA) is 27.7 Å². The van der Waals surface area contributed by atoms with Crippen molar-refractivity contribution in [2.75, 3.05) is 0 Å². The largest absolute Gasteiger partial charge is 0.439 e. The van der Waals surface area contributed by atoms with Gasteiger partial charge in [0.15, 0.2) is 16.6 Å². The van der Waals surface area contributed by atoms with Crippen LogP contribution in [0, 0.1) is 0 Å². The van der Waals surface area contributed by atoms with E-state index in [1.807, 2.05) is 0 Å². The molecule has 0 aromatic rings. The van der Waals surface area contributed by atoms with Gasteiger partial charge in [0, 0.05) is 0 Å². The molecule has 0 saturated carbocycles. The molecule has 0 rings (SSSR count). The first-order chi connectivity index (χ1) is 12.7. The molecule has 0 aromatic heterocycles. The molecule has 0 aliphatic heterocycles. The Morgan fingerprint density at radius 2 is 1.18 bits per heavy atom. The summed E-state index contributed by atoms with van der Waals surface area (Å²) in [6.07, 6.45) is 7.45. The van der Waals surface area contributed by atoms with Gasteiger partial charge in [-0.3, -0.25) is 0 Å². The van der Waals surface area contributed by atoms with Crippen molar-refractivity contribution in [3.63, 3.8) is 0 Å². The van der Waals surface area contributed by atoms with Crippen LogP contribution >= 0.6 is 0 Å². The lowest BCUT2D eigenvalue weighted by Crippen LogP contribution is -2.52. The van der Waals surface area contributed by atoms with Crippen molar-refractivity contribution in [3.05, 3.63) is 38.0 Å². The summed E-state index contributed by atoms with van der Waals surface area (Å²) in [5.41, 5.74) is 0. The molecular weight excluding hydrogens is 429 g/mol. The molecule has 164 valence electrons. The van der Waals surface area contributed by atoms with E-state index in [0.29, 0.717) is 0 Å². The zero-order chi connectivity index (χ0) is 22.1. The van der Waals surface area contributed by atoms with E-state index in [0.717, 1.165) is 30.6 Å². The molecule has 28 heavy (non-hydrogen) atoms. The van der Waals surface area contributed by atoms with Crippen LogP contribution in [0.15, 0.2) is 38.0 Å². The zero-order valence-electron chi connectivity index (χ0n) is 19.9. The number of hydrogen-bond donors (Lipinski definition) is 0. The van der Waals surface area contributed by atoms with Crippen LogP contribution in [0.3, 0.4) is 0 Å². The third-order valence-electron chi connectivity index (χ3n) is 4.53. The summed E-state index contributed by atoms with van der Waals surface area (Å²) in [4.78, 5) is 0.